The molecule has 2 aliphatic rings. The summed E-state index contributed by atoms with van der Waals surface area (Å²) in [4.78, 5) is 6.62. The maximum absolute atomic E-state index is 5.73. The lowest BCUT2D eigenvalue weighted by Gasteiger charge is -2.30. The van der Waals surface area contributed by atoms with Gasteiger partial charge in [0.2, 0.25) is 6.79 Å². The van der Waals surface area contributed by atoms with Gasteiger partial charge in [0.15, 0.2) is 23.5 Å². The number of ether oxygens (including phenoxy) is 2. The van der Waals surface area contributed by atoms with Crippen molar-refractivity contribution in [3.63, 3.8) is 0 Å². The van der Waals surface area contributed by atoms with Crippen LogP contribution in [0.5, 0.6) is 11.5 Å². The SMILES string of the molecule is CN(CCc1ccc2ncoc2c1)C[C@@H]1CCCc2c1ccc1c2OCO1.Cl. The fourth-order valence-electron chi connectivity index (χ4n) is 4.40. The molecule has 1 aliphatic heterocycles. The lowest BCUT2D eigenvalue weighted by Crippen LogP contribution is -2.28. The number of fused-ring (bicyclic) bond motifs is 4. The third-order valence-electron chi connectivity index (χ3n) is 5.81. The van der Waals surface area contributed by atoms with E-state index in [2.05, 4.69) is 41.2 Å². The van der Waals surface area contributed by atoms with E-state index in [1.54, 1.807) is 0 Å². The monoisotopic (exact) mass is 400 g/mol. The highest BCUT2D eigenvalue weighted by Gasteiger charge is 2.28. The maximum Gasteiger partial charge on any atom is 0.231 e. The summed E-state index contributed by atoms with van der Waals surface area (Å²) in [5.74, 6) is 2.45. The van der Waals surface area contributed by atoms with Gasteiger partial charge in [-0.25, -0.2) is 4.98 Å². The second kappa shape index (κ2) is 8.02. The molecule has 2 heterocycles. The average molecular weight is 401 g/mol. The zero-order valence-corrected chi connectivity index (χ0v) is 16.8. The van der Waals surface area contributed by atoms with Crippen LogP contribution in [0.4, 0.5) is 0 Å². The highest BCUT2D eigenvalue weighted by atomic mass is 35.5. The van der Waals surface area contributed by atoms with Gasteiger partial charge in [-0.05, 0) is 68.0 Å². The van der Waals surface area contributed by atoms with Gasteiger partial charge in [-0.15, -0.1) is 12.4 Å². The summed E-state index contributed by atoms with van der Waals surface area (Å²) in [5, 5.41) is 0. The molecule has 0 radical (unpaired) electrons. The summed E-state index contributed by atoms with van der Waals surface area (Å²) in [7, 11) is 2.22. The Morgan fingerprint density at radius 1 is 1.18 bits per heavy atom. The fourth-order valence-corrected chi connectivity index (χ4v) is 4.40. The van der Waals surface area contributed by atoms with Crippen LogP contribution in [0.3, 0.4) is 0 Å². The van der Waals surface area contributed by atoms with Crippen molar-refractivity contribution in [2.75, 3.05) is 26.9 Å². The topological polar surface area (TPSA) is 47.7 Å². The maximum atomic E-state index is 5.73. The van der Waals surface area contributed by atoms with E-state index in [9.17, 15) is 0 Å². The van der Waals surface area contributed by atoms with E-state index in [4.69, 9.17) is 13.9 Å². The molecule has 0 spiro atoms. The molecule has 0 unspecified atom stereocenters. The lowest BCUT2D eigenvalue weighted by molar-refractivity contribution is 0.173. The zero-order chi connectivity index (χ0) is 18.2. The highest BCUT2D eigenvalue weighted by molar-refractivity contribution is 5.85. The first-order chi connectivity index (χ1) is 13.3. The molecule has 28 heavy (non-hydrogen) atoms. The summed E-state index contributed by atoms with van der Waals surface area (Å²) in [6, 6.07) is 10.6. The van der Waals surface area contributed by atoms with Crippen molar-refractivity contribution in [2.24, 2.45) is 0 Å². The summed E-state index contributed by atoms with van der Waals surface area (Å²) in [6.07, 6.45) is 6.06. The van der Waals surface area contributed by atoms with E-state index in [1.807, 2.05) is 6.07 Å². The Morgan fingerprint density at radius 3 is 3.04 bits per heavy atom. The minimum absolute atomic E-state index is 0. The Hall–Kier alpha value is -2.24. The van der Waals surface area contributed by atoms with Crippen LogP contribution in [0.1, 0.15) is 35.4 Å². The van der Waals surface area contributed by atoms with E-state index in [-0.39, 0.29) is 12.4 Å². The summed E-state index contributed by atoms with van der Waals surface area (Å²) in [5.41, 5.74) is 5.89. The average Bonchev–Trinajstić information content (AvgIpc) is 3.35. The Kier molecular flexibility index (Phi) is 5.47. The van der Waals surface area contributed by atoms with E-state index < -0.39 is 0 Å². The minimum Gasteiger partial charge on any atom is -0.454 e. The van der Waals surface area contributed by atoms with E-state index in [0.717, 1.165) is 48.5 Å². The van der Waals surface area contributed by atoms with Gasteiger partial charge in [0.25, 0.3) is 0 Å². The zero-order valence-electron chi connectivity index (χ0n) is 16.0. The van der Waals surface area contributed by atoms with Gasteiger partial charge in [0.1, 0.15) is 5.52 Å². The number of nitrogens with zero attached hydrogens (tertiary/aromatic N) is 2. The molecular formula is C22H25ClN2O3. The molecule has 0 bridgehead atoms. The highest BCUT2D eigenvalue weighted by Crippen LogP contribution is 2.44. The van der Waals surface area contributed by atoms with Crippen molar-refractivity contribution >= 4 is 23.5 Å². The van der Waals surface area contributed by atoms with Gasteiger partial charge in [0, 0.05) is 18.7 Å². The molecule has 2 aromatic carbocycles. The molecule has 5 rings (SSSR count). The Morgan fingerprint density at radius 2 is 2.11 bits per heavy atom. The Labute approximate surface area is 171 Å². The van der Waals surface area contributed by atoms with Crippen LogP contribution in [0.2, 0.25) is 0 Å². The molecule has 6 heteroatoms. The van der Waals surface area contributed by atoms with Gasteiger partial charge < -0.3 is 18.8 Å². The molecule has 0 fully saturated rings. The quantitative estimate of drug-likeness (QED) is 0.627. The van der Waals surface area contributed by atoms with Crippen molar-refractivity contribution in [2.45, 2.75) is 31.6 Å². The first-order valence-electron chi connectivity index (χ1n) is 9.70. The smallest absolute Gasteiger partial charge is 0.231 e. The number of benzene rings is 2. The Balaban J connectivity index is 0.00000192. The molecule has 1 aliphatic carbocycles. The number of hydrogen-bond donors (Lipinski definition) is 0. The third kappa shape index (κ3) is 3.56. The summed E-state index contributed by atoms with van der Waals surface area (Å²) >= 11 is 0. The van der Waals surface area contributed by atoms with Gasteiger partial charge >= 0.3 is 0 Å². The largest absolute Gasteiger partial charge is 0.454 e. The van der Waals surface area contributed by atoms with Crippen molar-refractivity contribution in [3.8, 4) is 11.5 Å². The van der Waals surface area contributed by atoms with Crippen molar-refractivity contribution in [1.82, 2.24) is 9.88 Å². The van der Waals surface area contributed by atoms with Gasteiger partial charge in [0.05, 0.1) is 0 Å². The van der Waals surface area contributed by atoms with Crippen LogP contribution >= 0.6 is 12.4 Å². The number of oxazole rings is 1. The first-order valence-corrected chi connectivity index (χ1v) is 9.70. The van der Waals surface area contributed by atoms with Crippen LogP contribution in [-0.4, -0.2) is 36.8 Å². The minimum atomic E-state index is 0. The summed E-state index contributed by atoms with van der Waals surface area (Å²) < 4.78 is 16.7. The first kappa shape index (κ1) is 19.1. The number of halogens is 1. The molecule has 3 aromatic rings. The van der Waals surface area contributed by atoms with Crippen LogP contribution in [0.15, 0.2) is 41.1 Å². The predicted octanol–water partition coefficient (Wildman–Crippen LogP) is 4.57. The van der Waals surface area contributed by atoms with Crippen molar-refractivity contribution in [3.05, 3.63) is 53.4 Å². The number of aromatic nitrogens is 1. The second-order valence-electron chi connectivity index (χ2n) is 7.62. The fraction of sp³-hybridized carbons (Fsp3) is 0.409. The number of rotatable bonds is 5. The van der Waals surface area contributed by atoms with Crippen molar-refractivity contribution < 1.29 is 13.9 Å². The van der Waals surface area contributed by atoms with E-state index in [0.29, 0.717) is 12.7 Å². The molecular weight excluding hydrogens is 376 g/mol. The molecule has 0 amide bonds. The molecule has 1 aromatic heterocycles. The third-order valence-corrected chi connectivity index (χ3v) is 5.81. The molecule has 0 N–H and O–H groups in total. The van der Waals surface area contributed by atoms with Gasteiger partial charge in [-0.2, -0.15) is 0 Å². The number of likely N-dealkylation sites (N-methyl/N-ethyl adjacent to an activating group) is 1. The van der Waals surface area contributed by atoms with Crippen molar-refractivity contribution in [1.29, 1.82) is 0 Å². The lowest BCUT2D eigenvalue weighted by atomic mass is 9.82. The van der Waals surface area contributed by atoms with Gasteiger partial charge in [-0.3, -0.25) is 0 Å². The number of hydrogen-bond acceptors (Lipinski definition) is 5. The Bertz CT molecular complexity index is 972. The van der Waals surface area contributed by atoms with Crippen LogP contribution < -0.4 is 9.47 Å². The molecule has 1 atom stereocenters. The van der Waals surface area contributed by atoms with E-state index >= 15 is 0 Å². The van der Waals surface area contributed by atoms with Gasteiger partial charge in [-0.1, -0.05) is 12.1 Å². The van der Waals surface area contributed by atoms with Crippen LogP contribution in [0, 0.1) is 0 Å². The van der Waals surface area contributed by atoms with E-state index in [1.165, 1.54) is 35.9 Å². The second-order valence-corrected chi connectivity index (χ2v) is 7.62. The molecule has 0 saturated heterocycles. The predicted molar refractivity (Wildman–Crippen MR) is 111 cm³/mol. The normalized spacial score (nSPS) is 17.6. The molecule has 5 nitrogen and oxygen atoms in total. The van der Waals surface area contributed by atoms with Crippen LogP contribution in [-0.2, 0) is 12.8 Å². The molecule has 0 saturated carbocycles. The summed E-state index contributed by atoms with van der Waals surface area (Å²) in [6.45, 7) is 2.44. The standard InChI is InChI=1S/C22H24N2O3.ClH/c1-24(10-9-15-5-7-19-21(11-15)25-13-23-19)12-16-3-2-4-18-17(16)6-8-20-22(18)27-14-26-20;/h5-8,11,13,16H,2-4,9-10,12,14H2,1H3;1H/t16-;/m0./s1. The molecule has 148 valence electrons. The van der Waals surface area contributed by atoms with Crippen LogP contribution in [0.25, 0.3) is 11.1 Å².